The molecule has 2 N–H and O–H groups in total. The number of ether oxygens (including phenoxy) is 1. The van der Waals surface area contributed by atoms with E-state index in [4.69, 9.17) is 10.5 Å². The fourth-order valence-electron chi connectivity index (χ4n) is 2.08. The number of rotatable bonds is 5. The van der Waals surface area contributed by atoms with Crippen LogP contribution in [0.15, 0.2) is 48.5 Å². The van der Waals surface area contributed by atoms with Gasteiger partial charge in [-0.25, -0.2) is 0 Å². The summed E-state index contributed by atoms with van der Waals surface area (Å²) in [5.74, 6) is 2.25. The highest BCUT2D eigenvalue weighted by atomic mass is 16.5. The number of benzene rings is 2. The van der Waals surface area contributed by atoms with Crippen molar-refractivity contribution in [1.82, 2.24) is 0 Å². The molecule has 0 aliphatic carbocycles. The largest absolute Gasteiger partial charge is 0.457 e. The van der Waals surface area contributed by atoms with Crippen LogP contribution in [-0.2, 0) is 0 Å². The fourth-order valence-corrected chi connectivity index (χ4v) is 2.08. The minimum Gasteiger partial charge on any atom is -0.457 e. The molecule has 2 heteroatoms. The van der Waals surface area contributed by atoms with Gasteiger partial charge in [0.05, 0.1) is 0 Å². The van der Waals surface area contributed by atoms with Crippen LogP contribution in [0.4, 0.5) is 0 Å². The van der Waals surface area contributed by atoms with Crippen molar-refractivity contribution in [3.8, 4) is 11.5 Å². The molecular weight excluding hydrogens is 246 g/mol. The Labute approximate surface area is 121 Å². The van der Waals surface area contributed by atoms with Crippen LogP contribution in [0.3, 0.4) is 0 Å². The maximum Gasteiger partial charge on any atom is 0.127 e. The molecule has 20 heavy (non-hydrogen) atoms. The number of hydrogen-bond donors (Lipinski definition) is 1. The Morgan fingerprint density at radius 1 is 0.850 bits per heavy atom. The lowest BCUT2D eigenvalue weighted by Gasteiger charge is -2.11. The third kappa shape index (κ3) is 3.61. The highest BCUT2D eigenvalue weighted by molar-refractivity contribution is 5.35. The maximum absolute atomic E-state index is 6.00. The van der Waals surface area contributed by atoms with Gasteiger partial charge in [-0.05, 0) is 47.7 Å². The first-order valence-corrected chi connectivity index (χ1v) is 7.23. The number of hydrogen-bond acceptors (Lipinski definition) is 2. The van der Waals surface area contributed by atoms with Gasteiger partial charge in [0.2, 0.25) is 0 Å². The zero-order valence-corrected chi connectivity index (χ0v) is 12.5. The van der Waals surface area contributed by atoms with E-state index in [1.807, 2.05) is 36.4 Å². The zero-order valence-electron chi connectivity index (χ0n) is 12.5. The molecule has 0 saturated carbocycles. The van der Waals surface area contributed by atoms with E-state index < -0.39 is 0 Å². The third-order valence-corrected chi connectivity index (χ3v) is 3.53. The van der Waals surface area contributed by atoms with Crippen molar-refractivity contribution in [2.75, 3.05) is 0 Å². The lowest BCUT2D eigenvalue weighted by Crippen LogP contribution is -2.07. The van der Waals surface area contributed by atoms with Gasteiger partial charge in [0.15, 0.2) is 0 Å². The third-order valence-electron chi connectivity index (χ3n) is 3.53. The van der Waals surface area contributed by atoms with Crippen LogP contribution in [0.2, 0.25) is 0 Å². The van der Waals surface area contributed by atoms with Crippen LogP contribution in [0.25, 0.3) is 0 Å². The van der Waals surface area contributed by atoms with Gasteiger partial charge in [-0.1, -0.05) is 45.0 Å². The Morgan fingerprint density at radius 2 is 1.30 bits per heavy atom. The van der Waals surface area contributed by atoms with E-state index >= 15 is 0 Å². The minimum absolute atomic E-state index is 0.106. The Hall–Kier alpha value is -1.80. The Bertz CT molecular complexity index is 528. The molecule has 0 fully saturated rings. The van der Waals surface area contributed by atoms with Gasteiger partial charge in [-0.2, -0.15) is 0 Å². The van der Waals surface area contributed by atoms with Crippen molar-refractivity contribution >= 4 is 0 Å². The van der Waals surface area contributed by atoms with Crippen LogP contribution in [0.1, 0.15) is 50.3 Å². The first kappa shape index (κ1) is 14.6. The van der Waals surface area contributed by atoms with E-state index in [9.17, 15) is 0 Å². The summed E-state index contributed by atoms with van der Waals surface area (Å²) in [6, 6.07) is 16.4. The summed E-state index contributed by atoms with van der Waals surface area (Å²) in [4.78, 5) is 0. The van der Waals surface area contributed by atoms with Crippen molar-refractivity contribution in [1.29, 1.82) is 0 Å². The molecule has 0 aromatic heterocycles. The molecule has 1 unspecified atom stereocenters. The molecule has 0 spiro atoms. The molecule has 0 radical (unpaired) electrons. The van der Waals surface area contributed by atoms with Gasteiger partial charge < -0.3 is 10.5 Å². The van der Waals surface area contributed by atoms with Crippen molar-refractivity contribution < 1.29 is 4.74 Å². The van der Waals surface area contributed by atoms with Crippen molar-refractivity contribution in [3.63, 3.8) is 0 Å². The zero-order chi connectivity index (χ0) is 14.5. The van der Waals surface area contributed by atoms with Gasteiger partial charge in [0.25, 0.3) is 0 Å². The lowest BCUT2D eigenvalue weighted by atomic mass is 10.0. The second kappa shape index (κ2) is 6.58. The normalized spacial score (nSPS) is 12.4. The molecule has 0 heterocycles. The van der Waals surface area contributed by atoms with Crippen LogP contribution < -0.4 is 10.5 Å². The SMILES string of the molecule is CCC(N)c1ccc(Oc2ccc(C(C)C)cc2)cc1. The van der Waals surface area contributed by atoms with Gasteiger partial charge in [0.1, 0.15) is 11.5 Å². The average Bonchev–Trinajstić information content (AvgIpc) is 2.48. The van der Waals surface area contributed by atoms with Gasteiger partial charge >= 0.3 is 0 Å². The van der Waals surface area contributed by atoms with E-state index in [1.165, 1.54) is 5.56 Å². The van der Waals surface area contributed by atoms with E-state index in [0.29, 0.717) is 5.92 Å². The molecule has 106 valence electrons. The smallest absolute Gasteiger partial charge is 0.127 e. The molecule has 2 aromatic rings. The van der Waals surface area contributed by atoms with E-state index in [0.717, 1.165) is 23.5 Å². The van der Waals surface area contributed by atoms with E-state index in [-0.39, 0.29) is 6.04 Å². The number of nitrogens with two attached hydrogens (primary N) is 1. The molecule has 0 amide bonds. The molecule has 0 saturated heterocycles. The topological polar surface area (TPSA) is 35.2 Å². The lowest BCUT2D eigenvalue weighted by molar-refractivity contribution is 0.482. The van der Waals surface area contributed by atoms with Crippen LogP contribution in [0, 0.1) is 0 Å². The Morgan fingerprint density at radius 3 is 1.70 bits per heavy atom. The second-order valence-electron chi connectivity index (χ2n) is 5.41. The first-order valence-electron chi connectivity index (χ1n) is 7.23. The first-order chi connectivity index (χ1) is 9.60. The Kier molecular flexibility index (Phi) is 4.80. The summed E-state index contributed by atoms with van der Waals surface area (Å²) in [5, 5.41) is 0. The fraction of sp³-hybridized carbons (Fsp3) is 0.333. The maximum atomic E-state index is 6.00. The van der Waals surface area contributed by atoms with E-state index in [1.54, 1.807) is 0 Å². The molecule has 1 atom stereocenters. The molecule has 2 rings (SSSR count). The predicted octanol–water partition coefficient (Wildman–Crippen LogP) is 5.01. The minimum atomic E-state index is 0.106. The van der Waals surface area contributed by atoms with Gasteiger partial charge in [0, 0.05) is 6.04 Å². The highest BCUT2D eigenvalue weighted by Crippen LogP contribution is 2.25. The Balaban J connectivity index is 2.06. The van der Waals surface area contributed by atoms with Crippen molar-refractivity contribution in [2.24, 2.45) is 5.73 Å². The summed E-state index contributed by atoms with van der Waals surface area (Å²) in [7, 11) is 0. The predicted molar refractivity (Wildman–Crippen MR) is 84.3 cm³/mol. The molecular formula is C18H23NO. The monoisotopic (exact) mass is 269 g/mol. The quantitative estimate of drug-likeness (QED) is 0.827. The van der Waals surface area contributed by atoms with Gasteiger partial charge in [-0.15, -0.1) is 0 Å². The molecule has 2 nitrogen and oxygen atoms in total. The summed E-state index contributed by atoms with van der Waals surface area (Å²) >= 11 is 0. The highest BCUT2D eigenvalue weighted by Gasteiger charge is 2.04. The molecule has 0 bridgehead atoms. The van der Waals surface area contributed by atoms with Crippen LogP contribution >= 0.6 is 0 Å². The second-order valence-corrected chi connectivity index (χ2v) is 5.41. The molecule has 0 aliphatic rings. The van der Waals surface area contributed by atoms with E-state index in [2.05, 4.69) is 32.9 Å². The summed E-state index contributed by atoms with van der Waals surface area (Å²) in [6.45, 7) is 6.46. The van der Waals surface area contributed by atoms with Crippen molar-refractivity contribution in [3.05, 3.63) is 59.7 Å². The molecule has 2 aromatic carbocycles. The average molecular weight is 269 g/mol. The summed E-state index contributed by atoms with van der Waals surface area (Å²) in [5.41, 5.74) is 8.47. The van der Waals surface area contributed by atoms with Crippen molar-refractivity contribution in [2.45, 2.75) is 39.2 Å². The van der Waals surface area contributed by atoms with Crippen LogP contribution in [0.5, 0.6) is 11.5 Å². The van der Waals surface area contributed by atoms with Crippen LogP contribution in [-0.4, -0.2) is 0 Å². The van der Waals surface area contributed by atoms with Gasteiger partial charge in [-0.3, -0.25) is 0 Å². The summed E-state index contributed by atoms with van der Waals surface area (Å²) < 4.78 is 5.84. The standard InChI is InChI=1S/C18H23NO/c1-4-18(19)15-7-11-17(12-8-15)20-16-9-5-14(6-10-16)13(2)3/h5-13,18H,4,19H2,1-3H3. The summed E-state index contributed by atoms with van der Waals surface area (Å²) in [6.07, 6.45) is 0.941. The molecule has 0 aliphatic heterocycles.